The molecule has 1 atom stereocenters. The first-order valence-electron chi connectivity index (χ1n) is 6.51. The lowest BCUT2D eigenvalue weighted by Crippen LogP contribution is -2.49. The average Bonchev–Trinajstić information content (AvgIpc) is 2.35. The van der Waals surface area contributed by atoms with Crippen LogP contribution >= 0.6 is 11.6 Å². The van der Waals surface area contributed by atoms with E-state index in [1.165, 1.54) is 12.1 Å². The van der Waals surface area contributed by atoms with Gasteiger partial charge in [-0.05, 0) is 36.5 Å². The number of aryl methyl sites for hydroxylation is 1. The Balaban J connectivity index is 2.23. The van der Waals surface area contributed by atoms with Gasteiger partial charge in [-0.25, -0.2) is 4.39 Å². The number of alkyl halides is 1. The first-order chi connectivity index (χ1) is 8.81. The highest BCUT2D eigenvalue weighted by Gasteiger charge is 2.36. The third kappa shape index (κ3) is 2.92. The normalized spacial score (nSPS) is 22.4. The van der Waals surface area contributed by atoms with Gasteiger partial charge in [0.15, 0.2) is 0 Å². The summed E-state index contributed by atoms with van der Waals surface area (Å²) in [5.41, 5.74) is 1.14. The standard InChI is InChI=1S/C15H19ClFNO/c1-10-4-5-11(17)8-12(10)14(19)18-7-6-13(16)15(2,3)9-18/h4-5,8,13H,6-7,9H2,1-3H3. The van der Waals surface area contributed by atoms with E-state index in [0.29, 0.717) is 18.7 Å². The van der Waals surface area contributed by atoms with E-state index in [1.54, 1.807) is 11.0 Å². The van der Waals surface area contributed by atoms with Gasteiger partial charge in [0.1, 0.15) is 5.82 Å². The summed E-state index contributed by atoms with van der Waals surface area (Å²) in [6.07, 6.45) is 0.772. The molecule has 0 saturated carbocycles. The Bertz CT molecular complexity index is 501. The highest BCUT2D eigenvalue weighted by Crippen LogP contribution is 2.34. The fourth-order valence-electron chi connectivity index (χ4n) is 2.50. The third-order valence-corrected chi connectivity index (χ3v) is 4.62. The lowest BCUT2D eigenvalue weighted by atomic mass is 9.83. The highest BCUT2D eigenvalue weighted by molar-refractivity contribution is 6.21. The fourth-order valence-corrected chi connectivity index (χ4v) is 2.66. The minimum absolute atomic E-state index is 0.0742. The molecule has 1 unspecified atom stereocenters. The van der Waals surface area contributed by atoms with Gasteiger partial charge in [-0.1, -0.05) is 19.9 Å². The number of hydrogen-bond donors (Lipinski definition) is 0. The monoisotopic (exact) mass is 283 g/mol. The predicted octanol–water partition coefficient (Wildman–Crippen LogP) is 3.61. The van der Waals surface area contributed by atoms with Crippen molar-refractivity contribution in [1.82, 2.24) is 4.90 Å². The van der Waals surface area contributed by atoms with Gasteiger partial charge in [-0.3, -0.25) is 4.79 Å². The fraction of sp³-hybridized carbons (Fsp3) is 0.533. The molecule has 0 radical (unpaired) electrons. The Morgan fingerprint density at radius 2 is 2.16 bits per heavy atom. The van der Waals surface area contributed by atoms with Crippen LogP contribution in [0, 0.1) is 18.2 Å². The molecule has 2 nitrogen and oxygen atoms in total. The maximum atomic E-state index is 13.3. The Labute approximate surface area is 118 Å². The summed E-state index contributed by atoms with van der Waals surface area (Å²) in [6.45, 7) is 7.18. The first kappa shape index (κ1) is 14.3. The Kier molecular flexibility index (Phi) is 3.86. The Morgan fingerprint density at radius 3 is 2.79 bits per heavy atom. The molecule has 0 aromatic heterocycles. The summed E-state index contributed by atoms with van der Waals surface area (Å²) in [5.74, 6) is -0.478. The minimum atomic E-state index is -0.375. The van der Waals surface area contributed by atoms with Crippen molar-refractivity contribution in [2.45, 2.75) is 32.6 Å². The second-order valence-electron chi connectivity index (χ2n) is 5.93. The van der Waals surface area contributed by atoms with Gasteiger partial charge in [-0.2, -0.15) is 0 Å². The molecule has 1 aromatic carbocycles. The van der Waals surface area contributed by atoms with E-state index in [2.05, 4.69) is 13.8 Å². The maximum absolute atomic E-state index is 13.3. The lowest BCUT2D eigenvalue weighted by molar-refractivity contribution is 0.0592. The van der Waals surface area contributed by atoms with Crippen molar-refractivity contribution in [2.75, 3.05) is 13.1 Å². The smallest absolute Gasteiger partial charge is 0.254 e. The Morgan fingerprint density at radius 1 is 1.47 bits per heavy atom. The average molecular weight is 284 g/mol. The second kappa shape index (κ2) is 5.12. The maximum Gasteiger partial charge on any atom is 0.254 e. The lowest BCUT2D eigenvalue weighted by Gasteiger charge is -2.41. The first-order valence-corrected chi connectivity index (χ1v) is 6.94. The van der Waals surface area contributed by atoms with Gasteiger partial charge in [0.25, 0.3) is 5.91 Å². The molecule has 1 saturated heterocycles. The van der Waals surface area contributed by atoms with Crippen molar-refractivity contribution in [1.29, 1.82) is 0 Å². The number of rotatable bonds is 1. The summed E-state index contributed by atoms with van der Waals surface area (Å²) >= 11 is 6.28. The number of piperidine rings is 1. The molecule has 1 aromatic rings. The highest BCUT2D eigenvalue weighted by atomic mass is 35.5. The molecule has 1 aliphatic heterocycles. The molecule has 19 heavy (non-hydrogen) atoms. The second-order valence-corrected chi connectivity index (χ2v) is 6.46. The molecule has 1 aliphatic rings. The van der Waals surface area contributed by atoms with Gasteiger partial charge in [0, 0.05) is 24.0 Å². The van der Waals surface area contributed by atoms with Gasteiger partial charge in [-0.15, -0.1) is 11.6 Å². The van der Waals surface area contributed by atoms with Crippen LogP contribution in [0.5, 0.6) is 0 Å². The summed E-state index contributed by atoms with van der Waals surface area (Å²) in [7, 11) is 0. The van der Waals surface area contributed by atoms with Crippen LogP contribution in [-0.2, 0) is 0 Å². The van der Waals surface area contributed by atoms with Crippen LogP contribution in [0.3, 0.4) is 0 Å². The molecule has 1 heterocycles. The molecule has 0 spiro atoms. The zero-order valence-electron chi connectivity index (χ0n) is 11.5. The van der Waals surface area contributed by atoms with Crippen LogP contribution in [0.25, 0.3) is 0 Å². The van der Waals surface area contributed by atoms with Gasteiger partial charge in [0.2, 0.25) is 0 Å². The van der Waals surface area contributed by atoms with E-state index >= 15 is 0 Å². The molecular formula is C15H19ClFNO. The molecule has 1 amide bonds. The number of likely N-dealkylation sites (tertiary alicyclic amines) is 1. The summed E-state index contributed by atoms with van der Waals surface area (Å²) in [6, 6.07) is 4.33. The van der Waals surface area contributed by atoms with Gasteiger partial charge >= 0.3 is 0 Å². The van der Waals surface area contributed by atoms with E-state index < -0.39 is 0 Å². The zero-order valence-corrected chi connectivity index (χ0v) is 12.3. The van der Waals surface area contributed by atoms with Gasteiger partial charge < -0.3 is 4.90 Å². The summed E-state index contributed by atoms with van der Waals surface area (Å²) < 4.78 is 13.3. The van der Waals surface area contributed by atoms with Crippen molar-refractivity contribution in [2.24, 2.45) is 5.41 Å². The van der Waals surface area contributed by atoms with Crippen LogP contribution in [0.4, 0.5) is 4.39 Å². The van der Waals surface area contributed by atoms with Crippen molar-refractivity contribution in [3.63, 3.8) is 0 Å². The van der Waals surface area contributed by atoms with Crippen LogP contribution in [0.1, 0.15) is 36.2 Å². The molecule has 1 fully saturated rings. The van der Waals surface area contributed by atoms with E-state index in [1.807, 2.05) is 6.92 Å². The molecular weight excluding hydrogens is 265 g/mol. The SMILES string of the molecule is Cc1ccc(F)cc1C(=O)N1CCC(Cl)C(C)(C)C1. The summed E-state index contributed by atoms with van der Waals surface area (Å²) in [5, 5.41) is 0.0742. The van der Waals surface area contributed by atoms with Crippen molar-refractivity contribution >= 4 is 17.5 Å². The molecule has 0 aliphatic carbocycles. The van der Waals surface area contributed by atoms with Crippen LogP contribution in [0.2, 0.25) is 0 Å². The number of benzene rings is 1. The number of carbonyl (C=O) groups is 1. The van der Waals surface area contributed by atoms with Crippen molar-refractivity contribution < 1.29 is 9.18 Å². The largest absolute Gasteiger partial charge is 0.338 e. The predicted molar refractivity (Wildman–Crippen MR) is 75.1 cm³/mol. The van der Waals surface area contributed by atoms with Crippen LogP contribution in [0.15, 0.2) is 18.2 Å². The number of hydrogen-bond acceptors (Lipinski definition) is 1. The van der Waals surface area contributed by atoms with Crippen molar-refractivity contribution in [3.05, 3.63) is 35.1 Å². The van der Waals surface area contributed by atoms with E-state index in [9.17, 15) is 9.18 Å². The molecule has 0 N–H and O–H groups in total. The molecule has 0 bridgehead atoms. The molecule has 2 rings (SSSR count). The topological polar surface area (TPSA) is 20.3 Å². The number of nitrogens with zero attached hydrogens (tertiary/aromatic N) is 1. The van der Waals surface area contributed by atoms with E-state index in [4.69, 9.17) is 11.6 Å². The van der Waals surface area contributed by atoms with Crippen LogP contribution < -0.4 is 0 Å². The number of carbonyl (C=O) groups excluding carboxylic acids is 1. The van der Waals surface area contributed by atoms with E-state index in [-0.39, 0.29) is 22.5 Å². The van der Waals surface area contributed by atoms with E-state index in [0.717, 1.165) is 12.0 Å². The zero-order chi connectivity index (χ0) is 14.2. The minimum Gasteiger partial charge on any atom is -0.338 e. The molecule has 104 valence electrons. The van der Waals surface area contributed by atoms with Crippen molar-refractivity contribution in [3.8, 4) is 0 Å². The summed E-state index contributed by atoms with van der Waals surface area (Å²) in [4.78, 5) is 14.3. The quantitative estimate of drug-likeness (QED) is 0.721. The van der Waals surface area contributed by atoms with Gasteiger partial charge in [0.05, 0.1) is 0 Å². The third-order valence-electron chi connectivity index (χ3n) is 3.82. The Hall–Kier alpha value is -1.09. The molecule has 4 heteroatoms. The number of amides is 1. The van der Waals surface area contributed by atoms with Crippen LogP contribution in [-0.4, -0.2) is 29.3 Å². The number of halogens is 2.